The van der Waals surface area contributed by atoms with E-state index in [-0.39, 0.29) is 6.04 Å². The van der Waals surface area contributed by atoms with Crippen molar-refractivity contribution in [3.8, 4) is 5.75 Å². The summed E-state index contributed by atoms with van der Waals surface area (Å²) in [7, 11) is 1.71. The lowest BCUT2D eigenvalue weighted by Crippen LogP contribution is -2.17. The lowest BCUT2D eigenvalue weighted by atomic mass is 10.1. The van der Waals surface area contributed by atoms with Crippen molar-refractivity contribution in [3.63, 3.8) is 0 Å². The van der Waals surface area contributed by atoms with E-state index < -0.39 is 0 Å². The predicted octanol–water partition coefficient (Wildman–Crippen LogP) is 3.45. The minimum Gasteiger partial charge on any atom is -0.508 e. The van der Waals surface area contributed by atoms with Crippen molar-refractivity contribution in [3.05, 3.63) is 51.7 Å². The average Bonchev–Trinajstić information content (AvgIpc) is 2.84. The number of benzene rings is 1. The van der Waals surface area contributed by atoms with Gasteiger partial charge in [0.1, 0.15) is 5.75 Å². The van der Waals surface area contributed by atoms with Crippen LogP contribution in [0.4, 0.5) is 0 Å². The predicted molar refractivity (Wildman–Crippen MR) is 78.4 cm³/mol. The van der Waals surface area contributed by atoms with Gasteiger partial charge in [0.2, 0.25) is 0 Å². The standard InChI is InChI=1S/C15H19NO2S/c1-11(13-4-3-5-14(17)7-13)16-8-15-6-12(9-18-2)10-19-15/h3-7,10-11,16-17H,8-9H2,1-2H3. The fourth-order valence-electron chi connectivity index (χ4n) is 1.93. The van der Waals surface area contributed by atoms with Gasteiger partial charge >= 0.3 is 0 Å². The van der Waals surface area contributed by atoms with E-state index in [0.29, 0.717) is 12.4 Å². The Kier molecular flexibility index (Phi) is 4.96. The van der Waals surface area contributed by atoms with Gasteiger partial charge in [-0.3, -0.25) is 0 Å². The normalized spacial score (nSPS) is 12.5. The smallest absolute Gasteiger partial charge is 0.115 e. The van der Waals surface area contributed by atoms with Crippen molar-refractivity contribution in [1.29, 1.82) is 0 Å². The number of hydrogen-bond donors (Lipinski definition) is 2. The fraction of sp³-hybridized carbons (Fsp3) is 0.333. The van der Waals surface area contributed by atoms with E-state index in [0.717, 1.165) is 12.1 Å². The van der Waals surface area contributed by atoms with Gasteiger partial charge in [-0.05, 0) is 41.6 Å². The Morgan fingerprint density at radius 3 is 2.95 bits per heavy atom. The van der Waals surface area contributed by atoms with Gasteiger partial charge in [0.15, 0.2) is 0 Å². The third kappa shape index (κ3) is 4.06. The first-order chi connectivity index (χ1) is 9.19. The first kappa shape index (κ1) is 14.1. The molecule has 0 spiro atoms. The minimum atomic E-state index is 0.208. The zero-order valence-electron chi connectivity index (χ0n) is 11.2. The van der Waals surface area contributed by atoms with E-state index in [1.54, 1.807) is 30.6 Å². The monoisotopic (exact) mass is 277 g/mol. The molecule has 0 amide bonds. The van der Waals surface area contributed by atoms with Gasteiger partial charge in [0.25, 0.3) is 0 Å². The van der Waals surface area contributed by atoms with E-state index in [1.165, 1.54) is 10.4 Å². The number of phenols is 1. The molecule has 2 N–H and O–H groups in total. The highest BCUT2D eigenvalue weighted by Crippen LogP contribution is 2.20. The van der Waals surface area contributed by atoms with Gasteiger partial charge in [-0.25, -0.2) is 0 Å². The molecule has 3 nitrogen and oxygen atoms in total. The Morgan fingerprint density at radius 1 is 1.37 bits per heavy atom. The molecular formula is C15H19NO2S. The van der Waals surface area contributed by atoms with E-state index in [2.05, 4.69) is 23.7 Å². The van der Waals surface area contributed by atoms with Crippen LogP contribution in [0.1, 0.15) is 29.0 Å². The topological polar surface area (TPSA) is 41.5 Å². The molecule has 0 saturated heterocycles. The molecule has 0 fully saturated rings. The molecule has 1 unspecified atom stereocenters. The summed E-state index contributed by atoms with van der Waals surface area (Å²) >= 11 is 1.74. The zero-order chi connectivity index (χ0) is 13.7. The van der Waals surface area contributed by atoms with Crippen molar-refractivity contribution >= 4 is 11.3 Å². The quantitative estimate of drug-likeness (QED) is 0.849. The molecule has 1 atom stereocenters. The number of ether oxygens (including phenoxy) is 1. The van der Waals surface area contributed by atoms with Crippen LogP contribution in [0.5, 0.6) is 5.75 Å². The first-order valence-corrected chi connectivity index (χ1v) is 7.14. The zero-order valence-corrected chi connectivity index (χ0v) is 12.0. The Balaban J connectivity index is 1.90. The number of rotatable bonds is 6. The number of aromatic hydroxyl groups is 1. The molecule has 0 aliphatic heterocycles. The van der Waals surface area contributed by atoms with Crippen molar-refractivity contribution < 1.29 is 9.84 Å². The van der Waals surface area contributed by atoms with Crippen LogP contribution in [-0.2, 0) is 17.9 Å². The molecule has 4 heteroatoms. The van der Waals surface area contributed by atoms with Gasteiger partial charge in [-0.2, -0.15) is 0 Å². The second kappa shape index (κ2) is 6.70. The Bertz CT molecular complexity index is 524. The van der Waals surface area contributed by atoms with Crippen molar-refractivity contribution in [2.75, 3.05) is 7.11 Å². The lowest BCUT2D eigenvalue weighted by Gasteiger charge is -2.13. The van der Waals surface area contributed by atoms with E-state index in [1.807, 2.05) is 12.1 Å². The van der Waals surface area contributed by atoms with Crippen LogP contribution in [0.15, 0.2) is 35.7 Å². The molecular weight excluding hydrogens is 258 g/mol. The molecule has 102 valence electrons. The molecule has 0 aliphatic rings. The molecule has 0 radical (unpaired) electrons. The Morgan fingerprint density at radius 2 is 2.21 bits per heavy atom. The number of nitrogens with one attached hydrogen (secondary N) is 1. The van der Waals surface area contributed by atoms with Gasteiger partial charge in [0.05, 0.1) is 6.61 Å². The summed E-state index contributed by atoms with van der Waals surface area (Å²) in [6.45, 7) is 3.59. The van der Waals surface area contributed by atoms with Crippen LogP contribution in [0.2, 0.25) is 0 Å². The van der Waals surface area contributed by atoms with Crippen LogP contribution in [0.25, 0.3) is 0 Å². The lowest BCUT2D eigenvalue weighted by molar-refractivity contribution is 0.185. The van der Waals surface area contributed by atoms with Gasteiger partial charge in [-0.15, -0.1) is 11.3 Å². The summed E-state index contributed by atoms with van der Waals surface area (Å²) in [6, 6.07) is 9.73. The van der Waals surface area contributed by atoms with E-state index >= 15 is 0 Å². The summed E-state index contributed by atoms with van der Waals surface area (Å²) in [5.74, 6) is 0.310. The van der Waals surface area contributed by atoms with Crippen LogP contribution >= 0.6 is 11.3 Å². The van der Waals surface area contributed by atoms with Gasteiger partial charge in [-0.1, -0.05) is 12.1 Å². The third-order valence-electron chi connectivity index (χ3n) is 2.97. The molecule has 0 saturated carbocycles. The third-order valence-corrected chi connectivity index (χ3v) is 3.96. The molecule has 19 heavy (non-hydrogen) atoms. The number of phenolic OH excluding ortho intramolecular Hbond substituents is 1. The largest absolute Gasteiger partial charge is 0.508 e. The Hall–Kier alpha value is -1.36. The van der Waals surface area contributed by atoms with Crippen molar-refractivity contribution in [2.45, 2.75) is 26.1 Å². The summed E-state index contributed by atoms with van der Waals surface area (Å²) in [4.78, 5) is 1.29. The van der Waals surface area contributed by atoms with Gasteiger partial charge in [0, 0.05) is 24.6 Å². The van der Waals surface area contributed by atoms with E-state index in [9.17, 15) is 5.11 Å². The van der Waals surface area contributed by atoms with Crippen LogP contribution in [0, 0.1) is 0 Å². The molecule has 2 rings (SSSR count). The summed E-state index contributed by atoms with van der Waals surface area (Å²) in [6.07, 6.45) is 0. The first-order valence-electron chi connectivity index (χ1n) is 6.26. The second-order valence-corrected chi connectivity index (χ2v) is 5.55. The highest BCUT2D eigenvalue weighted by Gasteiger charge is 2.06. The molecule has 0 bridgehead atoms. The highest BCUT2D eigenvalue weighted by atomic mass is 32.1. The average molecular weight is 277 g/mol. The number of methoxy groups -OCH3 is 1. The van der Waals surface area contributed by atoms with Crippen LogP contribution in [-0.4, -0.2) is 12.2 Å². The molecule has 1 aromatic carbocycles. The SMILES string of the molecule is COCc1csc(CNC(C)c2cccc(O)c2)c1. The van der Waals surface area contributed by atoms with Crippen LogP contribution < -0.4 is 5.32 Å². The summed E-state index contributed by atoms with van der Waals surface area (Å²) in [5, 5.41) is 15.1. The fourth-order valence-corrected chi connectivity index (χ4v) is 2.75. The summed E-state index contributed by atoms with van der Waals surface area (Å²) in [5.41, 5.74) is 2.31. The molecule has 1 heterocycles. The maximum atomic E-state index is 9.47. The second-order valence-electron chi connectivity index (χ2n) is 4.55. The summed E-state index contributed by atoms with van der Waals surface area (Å²) < 4.78 is 5.11. The maximum Gasteiger partial charge on any atom is 0.115 e. The molecule has 0 aliphatic carbocycles. The number of hydrogen-bond acceptors (Lipinski definition) is 4. The maximum absolute atomic E-state index is 9.47. The van der Waals surface area contributed by atoms with Crippen molar-refractivity contribution in [2.24, 2.45) is 0 Å². The van der Waals surface area contributed by atoms with Crippen molar-refractivity contribution in [1.82, 2.24) is 5.32 Å². The van der Waals surface area contributed by atoms with Crippen LogP contribution in [0.3, 0.4) is 0 Å². The highest BCUT2D eigenvalue weighted by molar-refractivity contribution is 7.10. The molecule has 2 aromatic rings. The molecule has 1 aromatic heterocycles. The van der Waals surface area contributed by atoms with Gasteiger partial charge < -0.3 is 15.2 Å². The number of thiophene rings is 1. The Labute approximate surface area is 117 Å². The minimum absolute atomic E-state index is 0.208. The van der Waals surface area contributed by atoms with E-state index in [4.69, 9.17) is 4.74 Å².